The van der Waals surface area contributed by atoms with Gasteiger partial charge >= 0.3 is 0 Å². The Balaban J connectivity index is 4.66. The van der Waals surface area contributed by atoms with Crippen LogP contribution in [0.4, 0.5) is 0 Å². The summed E-state index contributed by atoms with van der Waals surface area (Å²) in [5.74, 6) is 0.257. The number of hydrogen-bond acceptors (Lipinski definition) is 3. The summed E-state index contributed by atoms with van der Waals surface area (Å²) in [4.78, 5) is 14.1. The van der Waals surface area contributed by atoms with Crippen molar-refractivity contribution in [1.82, 2.24) is 5.32 Å². The van der Waals surface area contributed by atoms with E-state index in [1.165, 1.54) is 231 Å². The van der Waals surface area contributed by atoms with Crippen LogP contribution in [-0.4, -0.2) is 36.9 Å². The Morgan fingerprint density at radius 1 is 0.406 bits per heavy atom. The lowest BCUT2D eigenvalue weighted by Crippen LogP contribution is -2.45. The van der Waals surface area contributed by atoms with Crippen molar-refractivity contribution in [3.8, 4) is 0 Å². The van der Waals surface area contributed by atoms with E-state index in [1.54, 1.807) is 7.11 Å². The highest BCUT2D eigenvalue weighted by molar-refractivity contribution is 5.82. The molecule has 4 nitrogen and oxygen atoms in total. The molecule has 0 aromatic heterocycles. The normalized spacial score (nSPS) is 12.8. The second-order valence-electron chi connectivity index (χ2n) is 23.8. The smallest absolute Gasteiger partial charge is 0.225 e. The number of carbonyl (C=O) groups excluding carboxylic acids is 1. The summed E-state index contributed by atoms with van der Waals surface area (Å²) in [5, 5.41) is 3.64. The van der Waals surface area contributed by atoms with E-state index in [2.05, 4.69) is 74.6 Å². The standard InChI is InChI=1S/C60H121NO3/c1-12-14-16-18-20-22-24-26-28-30-32-34-36-38-40-42-44-46-48-55(49-47-45-43-41-39-37-35-33-31-29-27-25-23-21-19-17-15-13-2)61-56(62)58(5,6)54-57(3,4)50-51-60(9,10)64-53-52-59(7,8)63-11/h55H,12-54H2,1-11H3,(H,61,62). The number of nitrogens with one attached hydrogen (secondary N) is 1. The second-order valence-corrected chi connectivity index (χ2v) is 23.8. The summed E-state index contributed by atoms with van der Waals surface area (Å²) >= 11 is 0. The zero-order valence-corrected chi connectivity index (χ0v) is 46.2. The van der Waals surface area contributed by atoms with Crippen molar-refractivity contribution in [3.05, 3.63) is 0 Å². The third kappa shape index (κ3) is 41.6. The third-order valence-electron chi connectivity index (χ3n) is 14.8. The summed E-state index contributed by atoms with van der Waals surface area (Å²) < 4.78 is 12.0. The van der Waals surface area contributed by atoms with Crippen LogP contribution in [-0.2, 0) is 14.3 Å². The predicted molar refractivity (Wildman–Crippen MR) is 286 cm³/mol. The average molecular weight is 905 g/mol. The fourth-order valence-corrected chi connectivity index (χ4v) is 10.0. The van der Waals surface area contributed by atoms with E-state index < -0.39 is 5.41 Å². The van der Waals surface area contributed by atoms with Crippen molar-refractivity contribution in [3.63, 3.8) is 0 Å². The maximum Gasteiger partial charge on any atom is 0.225 e. The minimum atomic E-state index is -0.406. The monoisotopic (exact) mass is 904 g/mol. The van der Waals surface area contributed by atoms with Crippen molar-refractivity contribution >= 4 is 5.91 Å². The maximum absolute atomic E-state index is 14.1. The van der Waals surface area contributed by atoms with Crippen LogP contribution in [0.25, 0.3) is 0 Å². The molecule has 0 aliphatic heterocycles. The largest absolute Gasteiger partial charge is 0.379 e. The van der Waals surface area contributed by atoms with Crippen LogP contribution in [0.1, 0.15) is 339 Å². The molecule has 0 rings (SSSR count). The summed E-state index contributed by atoms with van der Waals surface area (Å²) in [7, 11) is 1.78. The molecule has 0 aliphatic carbocycles. The van der Waals surface area contributed by atoms with E-state index >= 15 is 0 Å². The van der Waals surface area contributed by atoms with Gasteiger partial charge in [-0.05, 0) is 71.6 Å². The first-order valence-corrected chi connectivity index (χ1v) is 29.1. The van der Waals surface area contributed by atoms with Crippen LogP contribution in [0.3, 0.4) is 0 Å². The molecule has 384 valence electrons. The third-order valence-corrected chi connectivity index (χ3v) is 14.8. The van der Waals surface area contributed by atoms with Gasteiger partial charge in [0.15, 0.2) is 0 Å². The average Bonchev–Trinajstić information content (AvgIpc) is 3.24. The second kappa shape index (κ2) is 41.4. The van der Waals surface area contributed by atoms with Gasteiger partial charge in [0.2, 0.25) is 5.91 Å². The quantitative estimate of drug-likeness (QED) is 0.0619. The Kier molecular flexibility index (Phi) is 41.0. The zero-order valence-electron chi connectivity index (χ0n) is 46.2. The van der Waals surface area contributed by atoms with Crippen molar-refractivity contribution in [1.29, 1.82) is 0 Å². The molecule has 0 aromatic rings. The van der Waals surface area contributed by atoms with Gasteiger partial charge in [0.05, 0.1) is 17.8 Å². The minimum Gasteiger partial charge on any atom is -0.379 e. The van der Waals surface area contributed by atoms with Gasteiger partial charge in [-0.3, -0.25) is 4.79 Å². The van der Waals surface area contributed by atoms with Crippen LogP contribution < -0.4 is 5.32 Å². The molecule has 1 amide bonds. The SMILES string of the molecule is CCCCCCCCCCCCCCCCCCCCC(CCCCCCCCCCCCCCCCCCCC)NC(=O)C(C)(C)CC(C)(C)CCC(C)(C)OCCC(C)(C)OC. The molecule has 0 atom stereocenters. The number of amides is 1. The molecular weight excluding hydrogens is 783 g/mol. The van der Waals surface area contributed by atoms with E-state index in [-0.39, 0.29) is 22.5 Å². The van der Waals surface area contributed by atoms with Gasteiger partial charge in [-0.15, -0.1) is 0 Å². The molecule has 4 heteroatoms. The number of unbranched alkanes of at least 4 members (excludes halogenated alkanes) is 34. The molecule has 64 heavy (non-hydrogen) atoms. The lowest BCUT2D eigenvalue weighted by Gasteiger charge is -2.37. The van der Waals surface area contributed by atoms with Crippen molar-refractivity contribution in [2.24, 2.45) is 10.8 Å². The van der Waals surface area contributed by atoms with Crippen LogP contribution in [0, 0.1) is 10.8 Å². The Morgan fingerprint density at radius 3 is 1.00 bits per heavy atom. The topological polar surface area (TPSA) is 47.6 Å². The van der Waals surface area contributed by atoms with E-state index in [1.807, 2.05) is 0 Å². The van der Waals surface area contributed by atoms with Crippen LogP contribution in [0.2, 0.25) is 0 Å². The molecule has 0 bridgehead atoms. The predicted octanol–water partition coefficient (Wildman–Crippen LogP) is 20.2. The lowest BCUT2D eigenvalue weighted by molar-refractivity contribution is -0.132. The Labute approximate surface area is 404 Å². The molecule has 0 aromatic carbocycles. The highest BCUT2D eigenvalue weighted by Crippen LogP contribution is 2.39. The van der Waals surface area contributed by atoms with Crippen LogP contribution in [0.5, 0.6) is 0 Å². The molecule has 0 radical (unpaired) electrons. The molecular formula is C60H121NO3. The number of hydrogen-bond donors (Lipinski definition) is 1. The molecule has 0 heterocycles. The number of rotatable bonds is 50. The highest BCUT2D eigenvalue weighted by atomic mass is 16.5. The van der Waals surface area contributed by atoms with Crippen LogP contribution in [0.15, 0.2) is 0 Å². The highest BCUT2D eigenvalue weighted by Gasteiger charge is 2.36. The molecule has 0 fully saturated rings. The molecule has 0 aliphatic rings. The lowest BCUT2D eigenvalue weighted by atomic mass is 9.71. The van der Waals surface area contributed by atoms with Gasteiger partial charge in [0.1, 0.15) is 0 Å². The Morgan fingerprint density at radius 2 is 0.703 bits per heavy atom. The number of carbonyl (C=O) groups is 1. The maximum atomic E-state index is 14.1. The van der Waals surface area contributed by atoms with Gasteiger partial charge < -0.3 is 14.8 Å². The van der Waals surface area contributed by atoms with Crippen LogP contribution >= 0.6 is 0 Å². The Bertz CT molecular complexity index is 961. The summed E-state index contributed by atoms with van der Waals surface area (Å²) in [5.41, 5.74) is -0.723. The number of ether oxygens (including phenoxy) is 2. The van der Waals surface area contributed by atoms with Crippen molar-refractivity contribution < 1.29 is 14.3 Å². The summed E-state index contributed by atoms with van der Waals surface area (Å²) in [6, 6.07) is 0.306. The molecule has 0 spiro atoms. The fraction of sp³-hybridized carbons (Fsp3) is 0.983. The van der Waals surface area contributed by atoms with Gasteiger partial charge in [-0.1, -0.05) is 273 Å². The summed E-state index contributed by atoms with van der Waals surface area (Å²) in [6.07, 6.45) is 56.7. The first kappa shape index (κ1) is 63.4. The van der Waals surface area contributed by atoms with E-state index in [4.69, 9.17) is 9.47 Å². The minimum absolute atomic E-state index is 0.0449. The van der Waals surface area contributed by atoms with Crippen molar-refractivity contribution in [2.45, 2.75) is 356 Å². The van der Waals surface area contributed by atoms with Gasteiger partial charge in [0, 0.05) is 18.6 Å². The first-order chi connectivity index (χ1) is 30.6. The van der Waals surface area contributed by atoms with Crippen molar-refractivity contribution in [2.75, 3.05) is 13.7 Å². The zero-order chi connectivity index (χ0) is 47.7. The first-order valence-electron chi connectivity index (χ1n) is 29.1. The Hall–Kier alpha value is -0.610. The van der Waals surface area contributed by atoms with Gasteiger partial charge in [0.25, 0.3) is 0 Å². The number of methoxy groups -OCH3 is 1. The van der Waals surface area contributed by atoms with E-state index in [0.29, 0.717) is 12.6 Å². The molecule has 0 saturated carbocycles. The fourth-order valence-electron chi connectivity index (χ4n) is 10.0. The van der Waals surface area contributed by atoms with E-state index in [9.17, 15) is 4.79 Å². The molecule has 0 unspecified atom stereocenters. The van der Waals surface area contributed by atoms with Gasteiger partial charge in [-0.2, -0.15) is 0 Å². The molecule has 0 saturated heterocycles. The van der Waals surface area contributed by atoms with Gasteiger partial charge in [-0.25, -0.2) is 0 Å². The summed E-state index contributed by atoms with van der Waals surface area (Å²) in [6.45, 7) is 23.0. The molecule has 1 N–H and O–H groups in total. The van der Waals surface area contributed by atoms with E-state index in [0.717, 1.165) is 38.5 Å².